The van der Waals surface area contributed by atoms with E-state index in [2.05, 4.69) is 4.72 Å². The maximum absolute atomic E-state index is 12.5. The number of ether oxygens (including phenoxy) is 1. The minimum atomic E-state index is -3.92. The highest BCUT2D eigenvalue weighted by atomic mass is 35.5. The number of halogens is 4. The van der Waals surface area contributed by atoms with Crippen molar-refractivity contribution in [3.63, 3.8) is 0 Å². The van der Waals surface area contributed by atoms with Crippen molar-refractivity contribution in [3.8, 4) is 0 Å². The van der Waals surface area contributed by atoms with Gasteiger partial charge in [0, 0.05) is 22.2 Å². The molecule has 0 radical (unpaired) electrons. The molecule has 2 aromatic rings. The van der Waals surface area contributed by atoms with E-state index in [1.54, 1.807) is 12.1 Å². The van der Waals surface area contributed by atoms with E-state index in [0.29, 0.717) is 15.6 Å². The molecule has 28 heavy (non-hydrogen) atoms. The largest absolute Gasteiger partial charge is 0.457 e. The first kappa shape index (κ1) is 23.3. The van der Waals surface area contributed by atoms with Crippen LogP contribution in [0.15, 0.2) is 35.2 Å². The van der Waals surface area contributed by atoms with Gasteiger partial charge in [-0.15, -0.1) is 0 Å². The molecule has 0 aliphatic carbocycles. The lowest BCUT2D eigenvalue weighted by Gasteiger charge is -2.13. The quantitative estimate of drug-likeness (QED) is 0.519. The van der Waals surface area contributed by atoms with Crippen LogP contribution in [0.2, 0.25) is 20.1 Å². The topological polar surface area (TPSA) is 72.5 Å². The van der Waals surface area contributed by atoms with E-state index in [1.165, 1.54) is 12.1 Å². The minimum absolute atomic E-state index is 0.0278. The zero-order valence-corrected chi connectivity index (χ0v) is 18.8. The number of hydrogen-bond acceptors (Lipinski definition) is 4. The Morgan fingerprint density at radius 3 is 2.32 bits per heavy atom. The van der Waals surface area contributed by atoms with Crippen molar-refractivity contribution in [2.75, 3.05) is 6.54 Å². The summed E-state index contributed by atoms with van der Waals surface area (Å²) in [5.74, 6) is -0.720. The summed E-state index contributed by atoms with van der Waals surface area (Å²) in [6, 6.07) is 7.04. The molecule has 0 aromatic heterocycles. The van der Waals surface area contributed by atoms with Crippen LogP contribution in [-0.4, -0.2) is 20.9 Å². The number of esters is 1. The number of hydrogen-bond donors (Lipinski definition) is 1. The second-order valence-corrected chi connectivity index (χ2v) is 9.71. The second kappa shape index (κ2) is 9.65. The fourth-order valence-electron chi connectivity index (χ4n) is 2.11. The molecular formula is C18H17Cl4NO4S. The minimum Gasteiger partial charge on any atom is -0.457 e. The Kier molecular flexibility index (Phi) is 8.02. The van der Waals surface area contributed by atoms with Crippen LogP contribution in [-0.2, 0) is 21.4 Å². The second-order valence-electron chi connectivity index (χ2n) is 6.32. The maximum atomic E-state index is 12.5. The van der Waals surface area contributed by atoms with Crippen LogP contribution in [0.25, 0.3) is 0 Å². The summed E-state index contributed by atoms with van der Waals surface area (Å²) in [5, 5.41) is 0.659. The van der Waals surface area contributed by atoms with Crippen LogP contribution >= 0.6 is 46.4 Å². The van der Waals surface area contributed by atoms with Crippen molar-refractivity contribution in [1.29, 1.82) is 0 Å². The average Bonchev–Trinajstić information content (AvgIpc) is 2.59. The highest BCUT2D eigenvalue weighted by Crippen LogP contribution is 2.30. The fourth-order valence-corrected chi connectivity index (χ4v) is 4.63. The number of benzene rings is 2. The molecule has 1 N–H and O–H groups in total. The number of nitrogens with one attached hydrogen (secondary N) is 1. The SMILES string of the molecule is CC(C)CNS(=O)(=O)c1cc(C(=O)OCc2ccc(Cl)cc2Cl)c(Cl)cc1Cl. The van der Waals surface area contributed by atoms with Gasteiger partial charge in [0.05, 0.1) is 15.6 Å². The normalized spacial score (nSPS) is 11.7. The van der Waals surface area contributed by atoms with Crippen molar-refractivity contribution in [2.24, 2.45) is 5.92 Å². The van der Waals surface area contributed by atoms with Crippen LogP contribution in [0.3, 0.4) is 0 Å². The molecule has 0 aliphatic rings. The van der Waals surface area contributed by atoms with E-state index in [0.717, 1.165) is 6.07 Å². The van der Waals surface area contributed by atoms with Gasteiger partial charge in [-0.05, 0) is 30.2 Å². The Hall–Kier alpha value is -1.02. The Bertz CT molecular complexity index is 993. The Labute approximate surface area is 183 Å². The summed E-state index contributed by atoms with van der Waals surface area (Å²) in [6.45, 7) is 3.80. The van der Waals surface area contributed by atoms with Crippen LogP contribution in [0, 0.1) is 5.92 Å². The van der Waals surface area contributed by atoms with Gasteiger partial charge in [0.1, 0.15) is 11.5 Å². The number of sulfonamides is 1. The summed E-state index contributed by atoms with van der Waals surface area (Å²) in [4.78, 5) is 12.2. The third-order valence-corrected chi connectivity index (χ3v) is 6.37. The first-order valence-electron chi connectivity index (χ1n) is 8.11. The Balaban J connectivity index is 2.26. The molecule has 2 aromatic carbocycles. The zero-order chi connectivity index (χ0) is 21.1. The van der Waals surface area contributed by atoms with Gasteiger partial charge in [0.25, 0.3) is 0 Å². The molecule has 0 saturated heterocycles. The summed E-state index contributed by atoms with van der Waals surface area (Å²) < 4.78 is 32.6. The first-order chi connectivity index (χ1) is 13.0. The number of rotatable bonds is 7. The summed E-state index contributed by atoms with van der Waals surface area (Å²) in [6.07, 6.45) is 0. The number of carbonyl (C=O) groups is 1. The summed E-state index contributed by atoms with van der Waals surface area (Å²) in [5.41, 5.74) is 0.414. The molecule has 0 atom stereocenters. The van der Waals surface area contributed by atoms with E-state index in [-0.39, 0.29) is 39.6 Å². The number of carbonyl (C=O) groups excluding carboxylic acids is 1. The van der Waals surface area contributed by atoms with Crippen molar-refractivity contribution < 1.29 is 17.9 Å². The summed E-state index contributed by atoms with van der Waals surface area (Å²) in [7, 11) is -3.92. The van der Waals surface area contributed by atoms with E-state index in [1.807, 2.05) is 13.8 Å². The van der Waals surface area contributed by atoms with Gasteiger partial charge < -0.3 is 4.74 Å². The van der Waals surface area contributed by atoms with E-state index < -0.39 is 16.0 Å². The molecule has 0 fully saturated rings. The highest BCUT2D eigenvalue weighted by Gasteiger charge is 2.23. The van der Waals surface area contributed by atoms with Gasteiger partial charge in [0.2, 0.25) is 10.0 Å². The lowest BCUT2D eigenvalue weighted by Crippen LogP contribution is -2.28. The average molecular weight is 485 g/mol. The predicted octanol–water partition coefficient (Wildman–Crippen LogP) is 5.59. The highest BCUT2D eigenvalue weighted by molar-refractivity contribution is 7.89. The van der Waals surface area contributed by atoms with E-state index in [9.17, 15) is 13.2 Å². The maximum Gasteiger partial charge on any atom is 0.340 e. The third-order valence-electron chi connectivity index (χ3n) is 3.59. The molecule has 0 amide bonds. The predicted molar refractivity (Wildman–Crippen MR) is 112 cm³/mol. The Morgan fingerprint density at radius 2 is 1.71 bits per heavy atom. The smallest absolute Gasteiger partial charge is 0.340 e. The van der Waals surface area contributed by atoms with Crippen molar-refractivity contribution in [3.05, 3.63) is 61.5 Å². The third kappa shape index (κ3) is 5.99. The molecule has 10 heteroatoms. The lowest BCUT2D eigenvalue weighted by atomic mass is 10.2. The van der Waals surface area contributed by atoms with Gasteiger partial charge in [0.15, 0.2) is 0 Å². The van der Waals surface area contributed by atoms with Crippen molar-refractivity contribution in [2.45, 2.75) is 25.3 Å². The monoisotopic (exact) mass is 483 g/mol. The van der Waals surface area contributed by atoms with Crippen LogP contribution < -0.4 is 4.72 Å². The molecule has 0 aliphatic heterocycles. The van der Waals surface area contributed by atoms with E-state index >= 15 is 0 Å². The standard InChI is InChI=1S/C18H17Cl4NO4S/c1-10(2)8-23-28(25,26)17-6-13(15(21)7-16(17)22)18(24)27-9-11-3-4-12(19)5-14(11)20/h3-7,10,23H,8-9H2,1-2H3. The van der Waals surface area contributed by atoms with Gasteiger partial charge in [-0.2, -0.15) is 0 Å². The molecule has 0 unspecified atom stereocenters. The zero-order valence-electron chi connectivity index (χ0n) is 14.9. The van der Waals surface area contributed by atoms with Crippen LogP contribution in [0.5, 0.6) is 0 Å². The van der Waals surface area contributed by atoms with Gasteiger partial charge in [-0.1, -0.05) is 66.3 Å². The molecule has 152 valence electrons. The first-order valence-corrected chi connectivity index (χ1v) is 11.1. The lowest BCUT2D eigenvalue weighted by molar-refractivity contribution is 0.0473. The van der Waals surface area contributed by atoms with Crippen molar-refractivity contribution in [1.82, 2.24) is 4.72 Å². The molecule has 0 bridgehead atoms. The fraction of sp³-hybridized carbons (Fsp3) is 0.278. The van der Waals surface area contributed by atoms with E-state index in [4.69, 9.17) is 51.1 Å². The molecule has 2 rings (SSSR count). The molecule has 0 heterocycles. The van der Waals surface area contributed by atoms with Gasteiger partial charge in [-0.25, -0.2) is 17.9 Å². The summed E-state index contributed by atoms with van der Waals surface area (Å²) >= 11 is 24.0. The van der Waals surface area contributed by atoms with Crippen molar-refractivity contribution >= 4 is 62.4 Å². The van der Waals surface area contributed by atoms with Gasteiger partial charge >= 0.3 is 5.97 Å². The molecule has 5 nitrogen and oxygen atoms in total. The van der Waals surface area contributed by atoms with Crippen LogP contribution in [0.4, 0.5) is 0 Å². The van der Waals surface area contributed by atoms with Crippen LogP contribution in [0.1, 0.15) is 29.8 Å². The molecular weight excluding hydrogens is 468 g/mol. The van der Waals surface area contributed by atoms with Gasteiger partial charge in [-0.3, -0.25) is 0 Å². The molecule has 0 spiro atoms. The molecule has 0 saturated carbocycles. The Morgan fingerprint density at radius 1 is 1.04 bits per heavy atom.